The van der Waals surface area contributed by atoms with Gasteiger partial charge in [-0.1, -0.05) is 12.1 Å². The first-order valence-corrected chi connectivity index (χ1v) is 5.72. The Kier molecular flexibility index (Phi) is 4.22. The molecule has 1 aromatic carbocycles. The molecule has 2 aromatic rings. The van der Waals surface area contributed by atoms with Crippen molar-refractivity contribution in [2.45, 2.75) is 13.0 Å². The van der Waals surface area contributed by atoms with E-state index >= 15 is 0 Å². The van der Waals surface area contributed by atoms with Crippen molar-refractivity contribution in [1.29, 1.82) is 0 Å². The largest absolute Gasteiger partial charge is 0.472 e. The highest BCUT2D eigenvalue weighted by Crippen LogP contribution is 2.30. The normalized spacial score (nSPS) is 10.4. The highest BCUT2D eigenvalue weighted by atomic mass is 19.3. The number of ether oxygens (including phenoxy) is 1. The van der Waals surface area contributed by atoms with Crippen molar-refractivity contribution in [2.75, 3.05) is 0 Å². The fourth-order valence-corrected chi connectivity index (χ4v) is 1.72. The van der Waals surface area contributed by atoms with Crippen molar-refractivity contribution >= 4 is 11.8 Å². The summed E-state index contributed by atoms with van der Waals surface area (Å²) in [7, 11) is 1.71. The van der Waals surface area contributed by atoms with Crippen LogP contribution in [0.2, 0.25) is 0 Å². The summed E-state index contributed by atoms with van der Waals surface area (Å²) in [5.74, 6) is 0.303. The number of alkyl halides is 2. The van der Waals surface area contributed by atoms with Crippen LogP contribution in [-0.2, 0) is 18.4 Å². The van der Waals surface area contributed by atoms with Gasteiger partial charge < -0.3 is 4.74 Å². The lowest BCUT2D eigenvalue weighted by Crippen LogP contribution is -2.02. The van der Waals surface area contributed by atoms with Gasteiger partial charge in [0.1, 0.15) is 6.61 Å². The van der Waals surface area contributed by atoms with Crippen molar-refractivity contribution in [3.8, 4) is 5.88 Å². The first-order chi connectivity index (χ1) is 9.61. The topological polar surface area (TPSA) is 56.5 Å². The van der Waals surface area contributed by atoms with E-state index in [4.69, 9.17) is 4.74 Å². The highest BCUT2D eigenvalue weighted by Gasteiger charge is 2.17. The summed E-state index contributed by atoms with van der Waals surface area (Å²) >= 11 is 0. The quantitative estimate of drug-likeness (QED) is 0.624. The molecule has 2 rings (SSSR count). The molecule has 0 aliphatic carbocycles. The van der Waals surface area contributed by atoms with E-state index in [-0.39, 0.29) is 23.4 Å². The van der Waals surface area contributed by atoms with E-state index in [0.29, 0.717) is 5.88 Å². The van der Waals surface area contributed by atoms with Gasteiger partial charge in [-0.3, -0.25) is 4.68 Å². The molecule has 5 nitrogen and oxygen atoms in total. The molecule has 0 unspecified atom stereocenters. The second-order valence-corrected chi connectivity index (χ2v) is 3.97. The Morgan fingerprint density at radius 3 is 2.85 bits per heavy atom. The molecule has 0 saturated heterocycles. The van der Waals surface area contributed by atoms with Gasteiger partial charge in [0.25, 0.3) is 6.43 Å². The van der Waals surface area contributed by atoms with Gasteiger partial charge in [-0.2, -0.15) is 4.99 Å². The average Bonchev–Trinajstić information content (AvgIpc) is 2.83. The fraction of sp³-hybridized carbons (Fsp3) is 0.231. The van der Waals surface area contributed by atoms with E-state index in [2.05, 4.69) is 10.1 Å². The van der Waals surface area contributed by atoms with E-state index < -0.39 is 6.43 Å². The van der Waals surface area contributed by atoms with E-state index in [9.17, 15) is 13.6 Å². The summed E-state index contributed by atoms with van der Waals surface area (Å²) in [5.41, 5.74) is 0.0441. The number of halogens is 2. The number of rotatable bonds is 5. The number of aromatic nitrogens is 2. The molecule has 0 saturated carbocycles. The van der Waals surface area contributed by atoms with Crippen molar-refractivity contribution in [1.82, 2.24) is 9.78 Å². The maximum absolute atomic E-state index is 13.0. The summed E-state index contributed by atoms with van der Waals surface area (Å²) in [6.07, 6.45) is 0.332. The molecule has 0 aliphatic rings. The maximum Gasteiger partial charge on any atom is 0.264 e. The minimum atomic E-state index is -2.68. The van der Waals surface area contributed by atoms with Crippen LogP contribution in [0.5, 0.6) is 5.88 Å². The maximum atomic E-state index is 13.0. The zero-order valence-electron chi connectivity index (χ0n) is 10.6. The Balaban J connectivity index is 2.30. The van der Waals surface area contributed by atoms with Crippen LogP contribution in [0.3, 0.4) is 0 Å². The van der Waals surface area contributed by atoms with Crippen molar-refractivity contribution in [3.05, 3.63) is 41.6 Å². The number of isocyanates is 1. The minimum absolute atomic E-state index is 0.119. The average molecular weight is 279 g/mol. The predicted octanol–water partition coefficient (Wildman–Crippen LogP) is 2.90. The van der Waals surface area contributed by atoms with Gasteiger partial charge in [-0.25, -0.2) is 13.6 Å². The van der Waals surface area contributed by atoms with Crippen LogP contribution in [-0.4, -0.2) is 15.9 Å². The summed E-state index contributed by atoms with van der Waals surface area (Å²) in [6, 6.07) is 5.73. The molecule has 20 heavy (non-hydrogen) atoms. The lowest BCUT2D eigenvalue weighted by molar-refractivity contribution is 0.148. The Morgan fingerprint density at radius 1 is 1.45 bits per heavy atom. The molecule has 104 valence electrons. The first kappa shape index (κ1) is 13.9. The van der Waals surface area contributed by atoms with Crippen LogP contribution in [0, 0.1) is 0 Å². The second-order valence-electron chi connectivity index (χ2n) is 3.97. The molecule has 0 spiro atoms. The van der Waals surface area contributed by atoms with Crippen molar-refractivity contribution in [3.63, 3.8) is 0 Å². The molecule has 1 aromatic heterocycles. The van der Waals surface area contributed by atoms with Crippen LogP contribution in [0.4, 0.5) is 14.5 Å². The number of benzene rings is 1. The van der Waals surface area contributed by atoms with Crippen LogP contribution < -0.4 is 4.74 Å². The third-order valence-electron chi connectivity index (χ3n) is 2.64. The number of carbonyl (C=O) groups excluding carboxylic acids is 1. The minimum Gasteiger partial charge on any atom is -0.472 e. The lowest BCUT2D eigenvalue weighted by atomic mass is 10.1. The molecule has 0 aliphatic heterocycles. The molecule has 0 amide bonds. The number of nitrogens with zero attached hydrogens (tertiary/aromatic N) is 3. The first-order valence-electron chi connectivity index (χ1n) is 5.72. The Morgan fingerprint density at radius 2 is 2.25 bits per heavy atom. The van der Waals surface area contributed by atoms with E-state index in [1.54, 1.807) is 19.3 Å². The Bertz CT molecular complexity index is 649. The number of aryl methyl sites for hydroxylation is 1. The summed E-state index contributed by atoms with van der Waals surface area (Å²) in [4.78, 5) is 13.8. The third-order valence-corrected chi connectivity index (χ3v) is 2.64. The van der Waals surface area contributed by atoms with E-state index in [0.717, 1.165) is 0 Å². The van der Waals surface area contributed by atoms with Gasteiger partial charge in [0.05, 0.1) is 5.69 Å². The van der Waals surface area contributed by atoms with Gasteiger partial charge >= 0.3 is 0 Å². The van der Waals surface area contributed by atoms with Gasteiger partial charge in [0.15, 0.2) is 0 Å². The lowest BCUT2D eigenvalue weighted by Gasteiger charge is -2.11. The zero-order chi connectivity index (χ0) is 14.5. The van der Waals surface area contributed by atoms with Gasteiger partial charge in [-0.05, 0) is 6.07 Å². The SMILES string of the molecule is Cn1ccc(OCc2c(N=C=O)cccc2C(F)F)n1. The van der Waals surface area contributed by atoms with Gasteiger partial charge in [0, 0.05) is 30.4 Å². The van der Waals surface area contributed by atoms with Crippen LogP contribution in [0.25, 0.3) is 0 Å². The molecule has 7 heteroatoms. The number of hydrogen-bond acceptors (Lipinski definition) is 4. The molecular formula is C13H11F2N3O2. The van der Waals surface area contributed by atoms with Crippen LogP contribution >= 0.6 is 0 Å². The van der Waals surface area contributed by atoms with Gasteiger partial charge in [0.2, 0.25) is 12.0 Å². The zero-order valence-corrected chi connectivity index (χ0v) is 10.6. The van der Waals surface area contributed by atoms with Crippen LogP contribution in [0.1, 0.15) is 17.6 Å². The molecule has 0 bridgehead atoms. The van der Waals surface area contributed by atoms with E-state index in [1.165, 1.54) is 29.0 Å². The summed E-state index contributed by atoms with van der Waals surface area (Å²) in [6.45, 7) is -0.155. The summed E-state index contributed by atoms with van der Waals surface area (Å²) < 4.78 is 32.8. The fourth-order valence-electron chi connectivity index (χ4n) is 1.72. The standard InChI is InChI=1S/C13H11F2N3O2/c1-18-6-5-12(17-18)20-7-10-9(13(14)15)3-2-4-11(10)16-8-19/h2-6,13H,7H2,1H3. The second kappa shape index (κ2) is 6.08. The van der Waals surface area contributed by atoms with E-state index in [1.807, 2.05) is 0 Å². The molecule has 0 atom stereocenters. The molecular weight excluding hydrogens is 268 g/mol. The van der Waals surface area contributed by atoms with Gasteiger partial charge in [-0.15, -0.1) is 5.10 Å². The molecule has 1 heterocycles. The monoisotopic (exact) mass is 279 g/mol. The third kappa shape index (κ3) is 3.07. The van der Waals surface area contributed by atoms with Crippen molar-refractivity contribution < 1.29 is 18.3 Å². The number of hydrogen-bond donors (Lipinski definition) is 0. The molecule has 0 radical (unpaired) electrons. The number of aliphatic imine (C=N–C) groups is 1. The molecule has 0 fully saturated rings. The Labute approximate surface area is 113 Å². The van der Waals surface area contributed by atoms with Crippen LogP contribution in [0.15, 0.2) is 35.5 Å². The predicted molar refractivity (Wildman–Crippen MR) is 66.7 cm³/mol. The highest BCUT2D eigenvalue weighted by molar-refractivity contribution is 5.56. The van der Waals surface area contributed by atoms with Crippen molar-refractivity contribution in [2.24, 2.45) is 12.0 Å². The smallest absolute Gasteiger partial charge is 0.264 e. The Hall–Kier alpha value is -2.53. The summed E-state index contributed by atoms with van der Waals surface area (Å²) in [5, 5.41) is 3.97. The molecule has 0 N–H and O–H groups in total.